The third-order valence-corrected chi connectivity index (χ3v) is 3.80. The van der Waals surface area contributed by atoms with Crippen molar-refractivity contribution in [2.45, 2.75) is 20.4 Å². The number of phenolic OH excluding ortho intramolecular Hbond substituents is 1. The Bertz CT molecular complexity index is 429. The lowest BCUT2D eigenvalue weighted by Gasteiger charge is -2.23. The topological polar surface area (TPSA) is 51.2 Å². The van der Waals surface area contributed by atoms with E-state index >= 15 is 0 Å². The maximum atomic E-state index is 9.88. The summed E-state index contributed by atoms with van der Waals surface area (Å²) in [5.41, 5.74) is 3.06. The van der Waals surface area contributed by atoms with E-state index in [4.69, 9.17) is 14.2 Å². The predicted molar refractivity (Wildman–Crippen MR) is 85.3 cm³/mol. The smallest absolute Gasteiger partial charge is 0.121 e. The monoisotopic (exact) mass is 309 g/mol. The Hall–Kier alpha value is -1.14. The molecule has 124 valence electrons. The van der Waals surface area contributed by atoms with Crippen molar-refractivity contribution in [1.82, 2.24) is 4.90 Å². The van der Waals surface area contributed by atoms with Crippen LogP contribution in [0.4, 0.5) is 0 Å². The molecule has 0 aliphatic carbocycles. The van der Waals surface area contributed by atoms with Gasteiger partial charge in [0.1, 0.15) is 5.75 Å². The van der Waals surface area contributed by atoms with Gasteiger partial charge >= 0.3 is 0 Å². The number of phenols is 1. The lowest BCUT2D eigenvalue weighted by atomic mass is 10.1. The molecule has 1 N–H and O–H groups in total. The first-order valence-corrected chi connectivity index (χ1v) is 7.91. The minimum Gasteiger partial charge on any atom is -0.507 e. The van der Waals surface area contributed by atoms with Crippen LogP contribution in [0.15, 0.2) is 12.1 Å². The molecule has 0 bridgehead atoms. The minimum atomic E-state index is 0.393. The van der Waals surface area contributed by atoms with Gasteiger partial charge in [-0.2, -0.15) is 0 Å². The molecule has 1 fully saturated rings. The van der Waals surface area contributed by atoms with Crippen LogP contribution in [-0.2, 0) is 20.8 Å². The van der Waals surface area contributed by atoms with Gasteiger partial charge in [0.15, 0.2) is 0 Å². The second-order valence-corrected chi connectivity index (χ2v) is 5.69. The largest absolute Gasteiger partial charge is 0.507 e. The first kappa shape index (κ1) is 17.2. The number of benzene rings is 1. The van der Waals surface area contributed by atoms with Gasteiger partial charge < -0.3 is 19.3 Å². The van der Waals surface area contributed by atoms with E-state index in [0.717, 1.165) is 30.8 Å². The highest BCUT2D eigenvalue weighted by Gasteiger charge is 2.10. The highest BCUT2D eigenvalue weighted by atomic mass is 16.5. The van der Waals surface area contributed by atoms with Crippen LogP contribution < -0.4 is 0 Å². The van der Waals surface area contributed by atoms with Gasteiger partial charge in [-0.05, 0) is 30.5 Å². The van der Waals surface area contributed by atoms with Crippen LogP contribution >= 0.6 is 0 Å². The molecule has 5 nitrogen and oxygen atoms in total. The van der Waals surface area contributed by atoms with Crippen molar-refractivity contribution in [2.24, 2.45) is 0 Å². The van der Waals surface area contributed by atoms with Gasteiger partial charge in [0.25, 0.3) is 0 Å². The molecule has 2 rings (SSSR count). The Morgan fingerprint density at radius 3 is 1.82 bits per heavy atom. The van der Waals surface area contributed by atoms with Gasteiger partial charge in [-0.1, -0.05) is 12.1 Å². The number of aromatic hydroxyl groups is 1. The zero-order valence-corrected chi connectivity index (χ0v) is 13.6. The highest BCUT2D eigenvalue weighted by molar-refractivity contribution is 5.42. The van der Waals surface area contributed by atoms with Gasteiger partial charge in [-0.3, -0.25) is 4.90 Å². The van der Waals surface area contributed by atoms with E-state index in [-0.39, 0.29) is 0 Å². The fraction of sp³-hybridized carbons (Fsp3) is 0.647. The van der Waals surface area contributed by atoms with Crippen molar-refractivity contribution in [3.63, 3.8) is 0 Å². The van der Waals surface area contributed by atoms with Crippen molar-refractivity contribution < 1.29 is 19.3 Å². The number of ether oxygens (including phenoxy) is 3. The van der Waals surface area contributed by atoms with Gasteiger partial charge in [0.2, 0.25) is 0 Å². The minimum absolute atomic E-state index is 0.393. The van der Waals surface area contributed by atoms with Gasteiger partial charge in [-0.25, -0.2) is 0 Å². The summed E-state index contributed by atoms with van der Waals surface area (Å²) in [4.78, 5) is 2.33. The van der Waals surface area contributed by atoms with E-state index in [1.165, 1.54) is 5.56 Å². The Morgan fingerprint density at radius 2 is 1.32 bits per heavy atom. The zero-order valence-electron chi connectivity index (χ0n) is 13.6. The molecule has 0 saturated carbocycles. The first-order chi connectivity index (χ1) is 10.7. The van der Waals surface area contributed by atoms with Crippen molar-refractivity contribution in [3.8, 4) is 5.75 Å². The summed E-state index contributed by atoms with van der Waals surface area (Å²) < 4.78 is 16.6. The number of nitrogens with zero attached hydrogens (tertiary/aromatic N) is 1. The molecule has 0 spiro atoms. The van der Waals surface area contributed by atoms with Crippen LogP contribution in [0.3, 0.4) is 0 Å². The van der Waals surface area contributed by atoms with Crippen LogP contribution in [-0.4, -0.2) is 62.7 Å². The summed E-state index contributed by atoms with van der Waals surface area (Å²) >= 11 is 0. The fourth-order valence-corrected chi connectivity index (χ4v) is 2.59. The van der Waals surface area contributed by atoms with E-state index in [9.17, 15) is 5.11 Å². The SMILES string of the molecule is Cc1cc(CN2CCOCCOCCOCC2)cc(C)c1O. The fourth-order valence-electron chi connectivity index (χ4n) is 2.59. The third kappa shape index (κ3) is 5.57. The maximum Gasteiger partial charge on any atom is 0.121 e. The molecule has 0 aromatic heterocycles. The quantitative estimate of drug-likeness (QED) is 0.904. The molecule has 1 aliphatic rings. The number of hydrogen-bond donors (Lipinski definition) is 1. The van der Waals surface area contributed by atoms with Crippen LogP contribution in [0.25, 0.3) is 0 Å². The van der Waals surface area contributed by atoms with Crippen LogP contribution in [0, 0.1) is 13.8 Å². The molecular weight excluding hydrogens is 282 g/mol. The second-order valence-electron chi connectivity index (χ2n) is 5.69. The molecular formula is C17H27NO4. The Kier molecular flexibility index (Phi) is 7.12. The van der Waals surface area contributed by atoms with E-state index in [2.05, 4.69) is 4.90 Å². The van der Waals surface area contributed by atoms with E-state index < -0.39 is 0 Å². The average Bonchev–Trinajstić information content (AvgIpc) is 2.47. The summed E-state index contributed by atoms with van der Waals surface area (Å²) in [7, 11) is 0. The summed E-state index contributed by atoms with van der Waals surface area (Å²) in [5, 5.41) is 9.88. The normalized spacial score (nSPS) is 19.4. The Labute approximate surface area is 132 Å². The van der Waals surface area contributed by atoms with E-state index in [0.29, 0.717) is 45.4 Å². The van der Waals surface area contributed by atoms with Crippen molar-refractivity contribution >= 4 is 0 Å². The summed E-state index contributed by atoms with van der Waals surface area (Å²) in [6.45, 7) is 10.3. The predicted octanol–water partition coefficient (Wildman–Crippen LogP) is 1.87. The molecule has 5 heteroatoms. The lowest BCUT2D eigenvalue weighted by Crippen LogP contribution is -2.32. The maximum absolute atomic E-state index is 9.88. The standard InChI is InChI=1S/C17H27NO4/c1-14-11-16(12-15(2)17(14)19)13-18-3-5-20-7-9-22-10-8-21-6-4-18/h11-12,19H,3-10,13H2,1-2H3. The molecule has 22 heavy (non-hydrogen) atoms. The number of hydrogen-bond acceptors (Lipinski definition) is 5. The van der Waals surface area contributed by atoms with Crippen molar-refractivity contribution in [1.29, 1.82) is 0 Å². The Morgan fingerprint density at radius 1 is 0.864 bits per heavy atom. The molecule has 1 aromatic carbocycles. The molecule has 0 amide bonds. The first-order valence-electron chi connectivity index (χ1n) is 7.91. The van der Waals surface area contributed by atoms with Crippen molar-refractivity contribution in [2.75, 3.05) is 52.7 Å². The molecule has 1 aliphatic heterocycles. The summed E-state index contributed by atoms with van der Waals surface area (Å²) in [5.74, 6) is 0.393. The molecule has 1 aromatic rings. The van der Waals surface area contributed by atoms with Gasteiger partial charge in [-0.15, -0.1) is 0 Å². The summed E-state index contributed by atoms with van der Waals surface area (Å²) in [6, 6.07) is 4.10. The van der Waals surface area contributed by atoms with E-state index in [1.807, 2.05) is 26.0 Å². The molecule has 1 heterocycles. The molecule has 0 unspecified atom stereocenters. The molecule has 1 saturated heterocycles. The Balaban J connectivity index is 1.94. The number of rotatable bonds is 2. The van der Waals surface area contributed by atoms with Crippen LogP contribution in [0.5, 0.6) is 5.75 Å². The molecule has 0 atom stereocenters. The molecule has 0 radical (unpaired) electrons. The van der Waals surface area contributed by atoms with Gasteiger partial charge in [0.05, 0.1) is 39.6 Å². The lowest BCUT2D eigenvalue weighted by molar-refractivity contribution is -0.00689. The highest BCUT2D eigenvalue weighted by Crippen LogP contribution is 2.23. The van der Waals surface area contributed by atoms with Gasteiger partial charge in [0, 0.05) is 19.6 Å². The van der Waals surface area contributed by atoms with Crippen LogP contribution in [0.1, 0.15) is 16.7 Å². The third-order valence-electron chi connectivity index (χ3n) is 3.80. The average molecular weight is 309 g/mol. The van der Waals surface area contributed by atoms with Crippen molar-refractivity contribution in [3.05, 3.63) is 28.8 Å². The van der Waals surface area contributed by atoms with Crippen LogP contribution in [0.2, 0.25) is 0 Å². The van der Waals surface area contributed by atoms with E-state index in [1.54, 1.807) is 0 Å². The number of aryl methyl sites for hydroxylation is 2. The zero-order chi connectivity index (χ0) is 15.8. The second kappa shape index (κ2) is 9.10. The summed E-state index contributed by atoms with van der Waals surface area (Å²) in [6.07, 6.45) is 0.